The van der Waals surface area contributed by atoms with E-state index in [9.17, 15) is 13.6 Å². The third kappa shape index (κ3) is 4.79. The van der Waals surface area contributed by atoms with E-state index in [4.69, 9.17) is 9.72 Å². The zero-order chi connectivity index (χ0) is 26.3. The van der Waals surface area contributed by atoms with Crippen molar-refractivity contribution in [1.82, 2.24) is 19.4 Å². The second-order valence-corrected chi connectivity index (χ2v) is 9.90. The first-order chi connectivity index (χ1) is 18.4. The van der Waals surface area contributed by atoms with Crippen LogP contribution < -0.4 is 10.3 Å². The van der Waals surface area contributed by atoms with Crippen LogP contribution in [-0.4, -0.2) is 51.6 Å². The molecule has 0 aliphatic carbocycles. The van der Waals surface area contributed by atoms with Gasteiger partial charge in [-0.2, -0.15) is 0 Å². The molecule has 3 aromatic heterocycles. The number of aromatic amines is 1. The van der Waals surface area contributed by atoms with Crippen molar-refractivity contribution in [3.05, 3.63) is 83.4 Å². The van der Waals surface area contributed by atoms with Gasteiger partial charge in [0.2, 0.25) is 0 Å². The van der Waals surface area contributed by atoms with E-state index in [2.05, 4.69) is 17.1 Å². The highest BCUT2D eigenvalue weighted by Crippen LogP contribution is 2.31. The van der Waals surface area contributed by atoms with Gasteiger partial charge in [-0.15, -0.1) is 0 Å². The number of piperidine rings is 1. The summed E-state index contributed by atoms with van der Waals surface area (Å²) in [5, 5.41) is 1.91. The Hall–Kier alpha value is -4.04. The van der Waals surface area contributed by atoms with Crippen LogP contribution in [0.2, 0.25) is 0 Å². The molecular formula is C30H28F2N4O2. The van der Waals surface area contributed by atoms with Gasteiger partial charge in [0, 0.05) is 73.8 Å². The number of aromatic nitrogens is 3. The molecule has 6 rings (SSSR count). The fraction of sp³-hybridized carbons (Fsp3) is 0.267. The third-order valence-corrected chi connectivity index (χ3v) is 7.31. The summed E-state index contributed by atoms with van der Waals surface area (Å²) in [6.07, 6.45) is 3.51. The number of ether oxygens (including phenoxy) is 1. The Morgan fingerprint density at radius 2 is 1.76 bits per heavy atom. The number of aryl methyl sites for hydroxylation is 1. The number of nitrogens with one attached hydrogen (secondary N) is 1. The predicted molar refractivity (Wildman–Crippen MR) is 146 cm³/mol. The van der Waals surface area contributed by atoms with Gasteiger partial charge in [-0.1, -0.05) is 12.1 Å². The maximum atomic E-state index is 13.3. The number of hydrogen-bond acceptors (Lipinski definition) is 4. The van der Waals surface area contributed by atoms with Crippen LogP contribution in [0.4, 0.5) is 8.78 Å². The fourth-order valence-corrected chi connectivity index (χ4v) is 5.07. The summed E-state index contributed by atoms with van der Waals surface area (Å²) in [6, 6.07) is 19.9. The topological polar surface area (TPSA) is 63.1 Å². The van der Waals surface area contributed by atoms with Gasteiger partial charge >= 0.3 is 0 Å². The van der Waals surface area contributed by atoms with Crippen LogP contribution >= 0.6 is 0 Å². The molecule has 1 saturated heterocycles. The number of H-pyrrole nitrogens is 1. The Morgan fingerprint density at radius 1 is 1.00 bits per heavy atom. The summed E-state index contributed by atoms with van der Waals surface area (Å²) in [6.45, 7) is 1.92. The molecule has 4 heterocycles. The van der Waals surface area contributed by atoms with E-state index in [0.29, 0.717) is 31.8 Å². The standard InChI is InChI=1S/C30H28F2N4O2/c1-35-19-25(24-10-13-33-28(24)29(35)37)21-4-8-27-22(18-21)5-9-26(34-27)20-2-6-23(7-3-20)38-17-16-36-14-11-30(31,32)12-15-36/h2-10,13,18-19,33H,11-12,14-17H2,1H3. The van der Waals surface area contributed by atoms with E-state index in [1.807, 2.05) is 59.6 Å². The molecule has 0 radical (unpaired) electrons. The Kier molecular flexibility index (Phi) is 6.19. The highest BCUT2D eigenvalue weighted by molar-refractivity contribution is 5.97. The second-order valence-electron chi connectivity index (χ2n) is 9.90. The number of pyridine rings is 2. The average Bonchev–Trinajstić information content (AvgIpc) is 3.42. The molecule has 38 heavy (non-hydrogen) atoms. The van der Waals surface area contributed by atoms with Gasteiger partial charge in [0.1, 0.15) is 17.9 Å². The van der Waals surface area contributed by atoms with Crippen molar-refractivity contribution in [3.8, 4) is 28.1 Å². The molecule has 0 atom stereocenters. The van der Waals surface area contributed by atoms with Crippen molar-refractivity contribution in [3.63, 3.8) is 0 Å². The van der Waals surface area contributed by atoms with E-state index in [-0.39, 0.29) is 18.4 Å². The SMILES string of the molecule is Cn1cc(-c2ccc3nc(-c4ccc(OCCN5CCC(F)(F)CC5)cc4)ccc3c2)c2cc[nH]c2c1=O. The van der Waals surface area contributed by atoms with Gasteiger partial charge in [-0.25, -0.2) is 13.8 Å². The van der Waals surface area contributed by atoms with Crippen molar-refractivity contribution >= 4 is 21.8 Å². The van der Waals surface area contributed by atoms with Gasteiger partial charge in [0.05, 0.1) is 11.2 Å². The molecule has 6 nitrogen and oxygen atoms in total. The molecule has 0 spiro atoms. The number of fused-ring (bicyclic) bond motifs is 2. The zero-order valence-corrected chi connectivity index (χ0v) is 21.1. The highest BCUT2D eigenvalue weighted by atomic mass is 19.3. The minimum atomic E-state index is -2.52. The quantitative estimate of drug-likeness (QED) is 0.308. The largest absolute Gasteiger partial charge is 0.492 e. The third-order valence-electron chi connectivity index (χ3n) is 7.31. The average molecular weight is 515 g/mol. The first-order valence-corrected chi connectivity index (χ1v) is 12.8. The fourth-order valence-electron chi connectivity index (χ4n) is 5.07. The Morgan fingerprint density at radius 3 is 2.55 bits per heavy atom. The Labute approximate surface area is 218 Å². The number of rotatable bonds is 6. The van der Waals surface area contributed by atoms with Gasteiger partial charge in [0.15, 0.2) is 0 Å². The predicted octanol–water partition coefficient (Wildman–Crippen LogP) is 5.86. The minimum absolute atomic E-state index is 0.0494. The maximum Gasteiger partial charge on any atom is 0.274 e. The first-order valence-electron chi connectivity index (χ1n) is 12.8. The second kappa shape index (κ2) is 9.68. The van der Waals surface area contributed by atoms with Crippen molar-refractivity contribution < 1.29 is 13.5 Å². The van der Waals surface area contributed by atoms with Crippen LogP contribution in [0.1, 0.15) is 12.8 Å². The lowest BCUT2D eigenvalue weighted by Crippen LogP contribution is -2.41. The summed E-state index contributed by atoms with van der Waals surface area (Å²) in [7, 11) is 1.76. The molecule has 1 fully saturated rings. The maximum absolute atomic E-state index is 13.3. The smallest absolute Gasteiger partial charge is 0.274 e. The summed E-state index contributed by atoms with van der Waals surface area (Å²) in [5.41, 5.74) is 5.28. The highest BCUT2D eigenvalue weighted by Gasteiger charge is 2.33. The molecule has 5 aromatic rings. The van der Waals surface area contributed by atoms with Crippen molar-refractivity contribution in [2.24, 2.45) is 7.05 Å². The van der Waals surface area contributed by atoms with Crippen molar-refractivity contribution in [1.29, 1.82) is 0 Å². The molecule has 1 N–H and O–H groups in total. The summed E-state index contributed by atoms with van der Waals surface area (Å²) >= 11 is 0. The van der Waals surface area contributed by atoms with Gasteiger partial charge in [-0.3, -0.25) is 9.69 Å². The molecule has 0 bridgehead atoms. The molecule has 2 aromatic carbocycles. The van der Waals surface area contributed by atoms with Gasteiger partial charge < -0.3 is 14.3 Å². The molecule has 0 amide bonds. The molecule has 1 aliphatic heterocycles. The molecular weight excluding hydrogens is 486 g/mol. The van der Waals surface area contributed by atoms with Crippen molar-refractivity contribution in [2.45, 2.75) is 18.8 Å². The molecule has 1 aliphatic rings. The summed E-state index contributed by atoms with van der Waals surface area (Å²) < 4.78 is 34.1. The van der Waals surface area contributed by atoms with Crippen LogP contribution in [-0.2, 0) is 7.05 Å². The van der Waals surface area contributed by atoms with Crippen LogP contribution in [0, 0.1) is 0 Å². The zero-order valence-electron chi connectivity index (χ0n) is 21.1. The Bertz CT molecular complexity index is 1660. The van der Waals surface area contributed by atoms with Crippen molar-refractivity contribution in [2.75, 3.05) is 26.2 Å². The number of halogens is 2. The normalized spacial score (nSPS) is 15.8. The monoisotopic (exact) mass is 514 g/mol. The first kappa shape index (κ1) is 24.3. The lowest BCUT2D eigenvalue weighted by atomic mass is 10.0. The van der Waals surface area contributed by atoms with Crippen LogP contribution in [0.15, 0.2) is 77.9 Å². The van der Waals surface area contributed by atoms with Crippen LogP contribution in [0.25, 0.3) is 44.2 Å². The van der Waals surface area contributed by atoms with E-state index in [1.165, 1.54) is 0 Å². The van der Waals surface area contributed by atoms with E-state index in [1.54, 1.807) is 17.8 Å². The van der Waals surface area contributed by atoms with E-state index in [0.717, 1.165) is 44.4 Å². The minimum Gasteiger partial charge on any atom is -0.492 e. The van der Waals surface area contributed by atoms with Gasteiger partial charge in [-0.05, 0) is 54.1 Å². The number of benzene rings is 2. The van der Waals surface area contributed by atoms with E-state index >= 15 is 0 Å². The molecule has 0 saturated carbocycles. The van der Waals surface area contributed by atoms with Crippen LogP contribution in [0.3, 0.4) is 0 Å². The summed E-state index contributed by atoms with van der Waals surface area (Å²) in [5.74, 6) is -1.78. The van der Waals surface area contributed by atoms with Gasteiger partial charge in [0.25, 0.3) is 11.5 Å². The number of likely N-dealkylation sites (tertiary alicyclic amines) is 1. The molecule has 8 heteroatoms. The van der Waals surface area contributed by atoms with Crippen LogP contribution in [0.5, 0.6) is 5.75 Å². The lowest BCUT2D eigenvalue weighted by Gasteiger charge is -2.31. The number of nitrogens with zero attached hydrogens (tertiary/aromatic N) is 3. The summed E-state index contributed by atoms with van der Waals surface area (Å²) in [4.78, 5) is 22.3. The number of hydrogen-bond donors (Lipinski definition) is 1. The molecule has 194 valence electrons. The Balaban J connectivity index is 1.16. The van der Waals surface area contributed by atoms with E-state index < -0.39 is 5.92 Å². The lowest BCUT2D eigenvalue weighted by molar-refractivity contribution is -0.0564. The number of alkyl halides is 2. The molecule has 0 unspecified atom stereocenters.